The maximum Gasteiger partial charge on any atom is 0.336 e. The molecule has 0 radical (unpaired) electrons. The van der Waals surface area contributed by atoms with Crippen LogP contribution in [-0.2, 0) is 22.5 Å². The summed E-state index contributed by atoms with van der Waals surface area (Å²) in [6.45, 7) is 1.17. The van der Waals surface area contributed by atoms with Crippen LogP contribution in [0.25, 0.3) is 16.6 Å². The number of halogens is 1. The SMILES string of the molecule is COCCNC(=O)Cc1ccc(-n2c(=O)c3ccccc3n(Cc3ccc(Cl)cc3)c2=O)cc1. The van der Waals surface area contributed by atoms with Crippen LogP contribution < -0.4 is 16.6 Å². The molecule has 0 unspecified atom stereocenters. The van der Waals surface area contributed by atoms with Crippen LogP contribution >= 0.6 is 11.6 Å². The Morgan fingerprint density at radius 3 is 2.32 bits per heavy atom. The molecule has 1 aromatic heterocycles. The van der Waals surface area contributed by atoms with Gasteiger partial charge in [0.15, 0.2) is 0 Å². The number of nitrogens with zero attached hydrogens (tertiary/aromatic N) is 2. The average Bonchev–Trinajstić information content (AvgIpc) is 2.84. The van der Waals surface area contributed by atoms with E-state index >= 15 is 0 Å². The minimum Gasteiger partial charge on any atom is -0.383 e. The molecule has 174 valence electrons. The number of benzene rings is 3. The van der Waals surface area contributed by atoms with Gasteiger partial charge in [0, 0.05) is 18.7 Å². The standard InChI is InChI=1S/C26H24ClN3O4/c1-34-15-14-28-24(31)16-18-8-12-21(13-9-18)30-25(32)22-4-2-3-5-23(22)29(26(30)33)17-19-6-10-20(27)11-7-19/h2-13H,14-17H2,1H3,(H,28,31). The van der Waals surface area contributed by atoms with E-state index in [9.17, 15) is 14.4 Å². The highest BCUT2D eigenvalue weighted by Gasteiger charge is 2.15. The Hall–Kier alpha value is -3.68. The normalized spacial score (nSPS) is 11.0. The van der Waals surface area contributed by atoms with Crippen LogP contribution in [0.5, 0.6) is 0 Å². The van der Waals surface area contributed by atoms with Crippen molar-refractivity contribution in [2.24, 2.45) is 0 Å². The van der Waals surface area contributed by atoms with Crippen molar-refractivity contribution in [2.45, 2.75) is 13.0 Å². The molecule has 4 rings (SSSR count). The van der Waals surface area contributed by atoms with Gasteiger partial charge in [-0.3, -0.25) is 14.2 Å². The number of fused-ring (bicyclic) bond motifs is 1. The van der Waals surface area contributed by atoms with Gasteiger partial charge in [0.2, 0.25) is 5.91 Å². The highest BCUT2D eigenvalue weighted by Crippen LogP contribution is 2.15. The first kappa shape index (κ1) is 23.5. The van der Waals surface area contributed by atoms with Crippen LogP contribution in [0, 0.1) is 0 Å². The second kappa shape index (κ2) is 10.5. The second-order valence-electron chi connectivity index (χ2n) is 7.84. The van der Waals surface area contributed by atoms with Gasteiger partial charge in [-0.2, -0.15) is 0 Å². The monoisotopic (exact) mass is 477 g/mol. The minimum atomic E-state index is -0.441. The molecule has 1 amide bonds. The molecule has 0 fully saturated rings. The Bertz CT molecular complexity index is 1420. The maximum atomic E-state index is 13.5. The zero-order chi connectivity index (χ0) is 24.1. The molecule has 34 heavy (non-hydrogen) atoms. The number of hydrogen-bond donors (Lipinski definition) is 1. The van der Waals surface area contributed by atoms with Crippen LogP contribution in [0.15, 0.2) is 82.4 Å². The van der Waals surface area contributed by atoms with Crippen molar-refractivity contribution in [1.29, 1.82) is 0 Å². The van der Waals surface area contributed by atoms with Crippen molar-refractivity contribution in [3.8, 4) is 5.69 Å². The summed E-state index contributed by atoms with van der Waals surface area (Å²) in [6.07, 6.45) is 0.192. The lowest BCUT2D eigenvalue weighted by molar-refractivity contribution is -0.120. The van der Waals surface area contributed by atoms with Crippen molar-refractivity contribution in [1.82, 2.24) is 14.5 Å². The zero-order valence-electron chi connectivity index (χ0n) is 18.7. The summed E-state index contributed by atoms with van der Waals surface area (Å²) in [5, 5.41) is 3.82. The van der Waals surface area contributed by atoms with E-state index in [-0.39, 0.29) is 18.9 Å². The number of hydrogen-bond acceptors (Lipinski definition) is 4. The van der Waals surface area contributed by atoms with Crippen LogP contribution in [-0.4, -0.2) is 35.3 Å². The zero-order valence-corrected chi connectivity index (χ0v) is 19.4. The van der Waals surface area contributed by atoms with Gasteiger partial charge in [0.25, 0.3) is 5.56 Å². The number of rotatable bonds is 8. The van der Waals surface area contributed by atoms with Gasteiger partial charge in [0.05, 0.1) is 36.2 Å². The van der Waals surface area contributed by atoms with E-state index in [0.717, 1.165) is 11.1 Å². The van der Waals surface area contributed by atoms with Crippen LogP contribution in [0.1, 0.15) is 11.1 Å². The minimum absolute atomic E-state index is 0.127. The van der Waals surface area contributed by atoms with E-state index in [2.05, 4.69) is 5.32 Å². The quantitative estimate of drug-likeness (QED) is 0.395. The van der Waals surface area contributed by atoms with Gasteiger partial charge in [-0.05, 0) is 47.5 Å². The van der Waals surface area contributed by atoms with Crippen LogP contribution in [0.3, 0.4) is 0 Å². The van der Waals surface area contributed by atoms with Gasteiger partial charge in [-0.25, -0.2) is 9.36 Å². The van der Waals surface area contributed by atoms with Gasteiger partial charge < -0.3 is 10.1 Å². The number of carbonyl (C=O) groups excluding carboxylic acids is 1. The van der Waals surface area contributed by atoms with E-state index in [1.54, 1.807) is 72.3 Å². The Labute approximate surface area is 201 Å². The molecular formula is C26H24ClN3O4. The first-order valence-electron chi connectivity index (χ1n) is 10.8. The molecule has 4 aromatic rings. The van der Waals surface area contributed by atoms with Gasteiger partial charge in [-0.1, -0.05) is 48.0 Å². The van der Waals surface area contributed by atoms with Crippen molar-refractivity contribution in [2.75, 3.05) is 20.3 Å². The summed E-state index contributed by atoms with van der Waals surface area (Å²) in [7, 11) is 1.57. The lowest BCUT2D eigenvalue weighted by atomic mass is 10.1. The Morgan fingerprint density at radius 1 is 0.941 bits per heavy atom. The van der Waals surface area contributed by atoms with Crippen molar-refractivity contribution in [3.05, 3.63) is 110 Å². The summed E-state index contributed by atoms with van der Waals surface area (Å²) in [4.78, 5) is 38.8. The molecule has 0 aliphatic rings. The fraction of sp³-hybridized carbons (Fsp3) is 0.192. The third kappa shape index (κ3) is 5.11. The van der Waals surface area contributed by atoms with Gasteiger partial charge >= 0.3 is 5.69 Å². The van der Waals surface area contributed by atoms with E-state index in [0.29, 0.717) is 34.8 Å². The molecule has 8 heteroatoms. The molecule has 1 N–H and O–H groups in total. The molecule has 0 bridgehead atoms. The molecular weight excluding hydrogens is 454 g/mol. The first-order chi connectivity index (χ1) is 16.5. The number of nitrogens with one attached hydrogen (secondary N) is 1. The van der Waals surface area contributed by atoms with E-state index < -0.39 is 11.2 Å². The summed E-state index contributed by atoms with van der Waals surface area (Å²) in [6, 6.07) is 21.2. The molecule has 3 aromatic carbocycles. The number of amides is 1. The van der Waals surface area contributed by atoms with Crippen LogP contribution in [0.2, 0.25) is 5.02 Å². The Morgan fingerprint density at radius 2 is 1.62 bits per heavy atom. The van der Waals surface area contributed by atoms with E-state index in [1.165, 1.54) is 4.57 Å². The fourth-order valence-corrected chi connectivity index (χ4v) is 3.90. The molecule has 0 saturated heterocycles. The van der Waals surface area contributed by atoms with E-state index in [4.69, 9.17) is 16.3 Å². The number of aromatic nitrogens is 2. The summed E-state index contributed by atoms with van der Waals surface area (Å²) in [5.74, 6) is -0.127. The number of carbonyl (C=O) groups is 1. The number of ether oxygens (including phenoxy) is 1. The molecule has 0 aliphatic heterocycles. The highest BCUT2D eigenvalue weighted by molar-refractivity contribution is 6.30. The van der Waals surface area contributed by atoms with Crippen LogP contribution in [0.4, 0.5) is 0 Å². The average molecular weight is 478 g/mol. The lowest BCUT2D eigenvalue weighted by Gasteiger charge is -2.15. The Kier molecular flexibility index (Phi) is 7.25. The Balaban J connectivity index is 1.71. The third-order valence-corrected chi connectivity index (χ3v) is 5.74. The largest absolute Gasteiger partial charge is 0.383 e. The summed E-state index contributed by atoms with van der Waals surface area (Å²) in [5.41, 5.74) is 1.83. The molecule has 0 spiro atoms. The molecule has 0 atom stereocenters. The maximum absolute atomic E-state index is 13.5. The van der Waals surface area contributed by atoms with Gasteiger partial charge in [0.1, 0.15) is 0 Å². The summed E-state index contributed by atoms with van der Waals surface area (Å²) >= 11 is 6.00. The fourth-order valence-electron chi connectivity index (χ4n) is 3.78. The highest BCUT2D eigenvalue weighted by atomic mass is 35.5. The third-order valence-electron chi connectivity index (χ3n) is 5.49. The topological polar surface area (TPSA) is 82.3 Å². The predicted octanol–water partition coefficient (Wildman–Crippen LogP) is 3.16. The molecule has 7 nitrogen and oxygen atoms in total. The second-order valence-corrected chi connectivity index (χ2v) is 8.28. The van der Waals surface area contributed by atoms with Crippen molar-refractivity contribution in [3.63, 3.8) is 0 Å². The van der Waals surface area contributed by atoms with Gasteiger partial charge in [-0.15, -0.1) is 0 Å². The van der Waals surface area contributed by atoms with Crippen molar-refractivity contribution >= 4 is 28.4 Å². The summed E-state index contributed by atoms with van der Waals surface area (Å²) < 4.78 is 7.68. The lowest BCUT2D eigenvalue weighted by Crippen LogP contribution is -2.39. The number of para-hydroxylation sites is 1. The first-order valence-corrected chi connectivity index (χ1v) is 11.2. The smallest absolute Gasteiger partial charge is 0.336 e. The van der Waals surface area contributed by atoms with Crippen molar-refractivity contribution < 1.29 is 9.53 Å². The predicted molar refractivity (Wildman–Crippen MR) is 133 cm³/mol. The molecule has 0 aliphatic carbocycles. The number of methoxy groups -OCH3 is 1. The van der Waals surface area contributed by atoms with E-state index in [1.807, 2.05) is 12.1 Å². The molecule has 0 saturated carbocycles. The molecule has 1 heterocycles.